The topological polar surface area (TPSA) is 91.3 Å². The number of aliphatic hydroxyl groups excluding tert-OH is 1. The number of fused-ring (bicyclic) bond motifs is 2. The van der Waals surface area contributed by atoms with Crippen molar-refractivity contribution < 1.29 is 33.6 Å². The van der Waals surface area contributed by atoms with E-state index in [2.05, 4.69) is 6.92 Å². The van der Waals surface area contributed by atoms with E-state index < -0.39 is 22.9 Å². The molecule has 0 aromatic heterocycles. The predicted octanol–water partition coefficient (Wildman–Crippen LogP) is 2.56. The number of hydrogen-bond donors (Lipinski definition) is 1. The Bertz CT molecular complexity index is 792. The molecule has 166 valence electrons. The minimum absolute atomic E-state index is 0.00953. The smallest absolute Gasteiger partial charge is 0.333 e. The number of carbonyl (C=O) groups excluding carboxylic acids is 2. The highest BCUT2D eigenvalue weighted by atomic mass is 16.7. The van der Waals surface area contributed by atoms with Crippen molar-refractivity contribution in [1.82, 2.24) is 0 Å². The molecule has 7 nitrogen and oxygen atoms in total. The van der Waals surface area contributed by atoms with Gasteiger partial charge in [-0.05, 0) is 56.3 Å². The van der Waals surface area contributed by atoms with Gasteiger partial charge in [-0.2, -0.15) is 0 Å². The molecule has 4 fully saturated rings. The molecular formula is C23H32O7. The molecule has 1 saturated heterocycles. The summed E-state index contributed by atoms with van der Waals surface area (Å²) in [6.45, 7) is 4.67. The van der Waals surface area contributed by atoms with Crippen LogP contribution in [0.2, 0.25) is 0 Å². The predicted molar refractivity (Wildman–Crippen MR) is 105 cm³/mol. The molecule has 7 heteroatoms. The van der Waals surface area contributed by atoms with Crippen LogP contribution in [0.4, 0.5) is 0 Å². The van der Waals surface area contributed by atoms with Gasteiger partial charge in [-0.15, -0.1) is 0 Å². The maximum absolute atomic E-state index is 13.0. The highest BCUT2D eigenvalue weighted by Crippen LogP contribution is 2.70. The van der Waals surface area contributed by atoms with E-state index in [1.54, 1.807) is 6.08 Å². The summed E-state index contributed by atoms with van der Waals surface area (Å²) in [7, 11) is 1.44. The molecule has 2 bridgehead atoms. The molecule has 1 unspecified atom stereocenters. The van der Waals surface area contributed by atoms with Crippen molar-refractivity contribution in [3.63, 3.8) is 0 Å². The SMILES string of the molecule is CCO[C@@]12C[C@H]3[C@@H](CC[C@@H]4C35CCC[C@@]4(C(=O)OC)CO[C@H]5O)[C@@H](C)C1=CC(=O)O2. The van der Waals surface area contributed by atoms with Gasteiger partial charge in [0, 0.05) is 30.1 Å². The zero-order valence-corrected chi connectivity index (χ0v) is 18.0. The highest BCUT2D eigenvalue weighted by Gasteiger charge is 2.72. The van der Waals surface area contributed by atoms with Gasteiger partial charge >= 0.3 is 11.9 Å². The van der Waals surface area contributed by atoms with Crippen LogP contribution >= 0.6 is 0 Å². The largest absolute Gasteiger partial charge is 0.469 e. The van der Waals surface area contributed by atoms with E-state index in [1.807, 2.05) is 6.92 Å². The summed E-state index contributed by atoms with van der Waals surface area (Å²) in [5.41, 5.74) is -0.347. The molecule has 0 amide bonds. The number of aliphatic hydroxyl groups is 1. The second-order valence-corrected chi connectivity index (χ2v) is 9.88. The molecule has 2 aliphatic heterocycles. The van der Waals surface area contributed by atoms with Crippen molar-refractivity contribution in [3.05, 3.63) is 11.6 Å². The Kier molecular flexibility index (Phi) is 4.62. The number of methoxy groups -OCH3 is 1. The fraction of sp³-hybridized carbons (Fsp3) is 0.826. The molecule has 8 atom stereocenters. The molecule has 5 rings (SSSR count). The van der Waals surface area contributed by atoms with Crippen molar-refractivity contribution in [2.45, 2.75) is 64.4 Å². The van der Waals surface area contributed by atoms with Crippen molar-refractivity contribution >= 4 is 11.9 Å². The van der Waals surface area contributed by atoms with E-state index in [1.165, 1.54) is 7.11 Å². The zero-order chi connectivity index (χ0) is 21.3. The van der Waals surface area contributed by atoms with Crippen molar-refractivity contribution in [3.8, 4) is 0 Å². The maximum Gasteiger partial charge on any atom is 0.333 e. The Hall–Kier alpha value is -1.44. The minimum atomic E-state index is -1.06. The van der Waals surface area contributed by atoms with Crippen LogP contribution in [0.3, 0.4) is 0 Å². The van der Waals surface area contributed by atoms with Crippen LogP contribution < -0.4 is 0 Å². The van der Waals surface area contributed by atoms with Gasteiger partial charge in [0.25, 0.3) is 0 Å². The van der Waals surface area contributed by atoms with E-state index >= 15 is 0 Å². The van der Waals surface area contributed by atoms with Crippen LogP contribution in [-0.2, 0) is 28.5 Å². The Labute approximate surface area is 177 Å². The van der Waals surface area contributed by atoms with Gasteiger partial charge in [0.05, 0.1) is 19.1 Å². The minimum Gasteiger partial charge on any atom is -0.469 e. The second-order valence-electron chi connectivity index (χ2n) is 9.88. The van der Waals surface area contributed by atoms with E-state index in [-0.39, 0.29) is 42.2 Å². The van der Waals surface area contributed by atoms with Crippen LogP contribution in [0.5, 0.6) is 0 Å². The zero-order valence-electron chi connectivity index (χ0n) is 18.0. The molecule has 0 radical (unpaired) electrons. The van der Waals surface area contributed by atoms with Crippen LogP contribution in [-0.4, -0.2) is 49.4 Å². The normalized spacial score (nSPS) is 49.3. The quantitative estimate of drug-likeness (QED) is 0.702. The fourth-order valence-electron chi connectivity index (χ4n) is 8.05. The summed E-state index contributed by atoms with van der Waals surface area (Å²) < 4.78 is 23.1. The number of ether oxygens (including phenoxy) is 4. The Morgan fingerprint density at radius 1 is 1.33 bits per heavy atom. The maximum atomic E-state index is 13.0. The third kappa shape index (κ3) is 2.37. The standard InChI is InChI=1S/C23H32O7/c1-4-29-23-11-16-14(13(2)15(23)10-18(24)30-23)6-7-17-21(19(25)27-3)8-5-9-22(16,17)20(26)28-12-21/h10,13-14,16-17,20,26H,4-9,11-12H2,1-3H3/t13-,14+,16+,17+,20-,21-,22?,23-/m1/s1. The summed E-state index contributed by atoms with van der Waals surface area (Å²) in [5, 5.41) is 11.3. The van der Waals surface area contributed by atoms with Crippen molar-refractivity contribution in [2.75, 3.05) is 20.3 Å². The molecule has 3 saturated carbocycles. The summed E-state index contributed by atoms with van der Waals surface area (Å²) in [6.07, 6.45) is 5.32. The molecule has 2 heterocycles. The molecule has 0 spiro atoms. The lowest BCUT2D eigenvalue weighted by Gasteiger charge is -2.67. The molecular weight excluding hydrogens is 388 g/mol. The first-order valence-corrected chi connectivity index (χ1v) is 11.3. The van der Waals surface area contributed by atoms with Gasteiger partial charge in [-0.1, -0.05) is 13.3 Å². The van der Waals surface area contributed by atoms with E-state index in [0.29, 0.717) is 13.0 Å². The third-order valence-corrected chi connectivity index (χ3v) is 9.07. The second kappa shape index (κ2) is 6.78. The molecule has 5 aliphatic rings. The first-order chi connectivity index (χ1) is 14.3. The monoisotopic (exact) mass is 420 g/mol. The molecule has 0 aromatic rings. The van der Waals surface area contributed by atoms with Crippen LogP contribution in [0.1, 0.15) is 52.4 Å². The molecule has 3 aliphatic carbocycles. The summed E-state index contributed by atoms with van der Waals surface area (Å²) in [6, 6.07) is 0. The van der Waals surface area contributed by atoms with Gasteiger partial charge < -0.3 is 24.1 Å². The molecule has 30 heavy (non-hydrogen) atoms. The summed E-state index contributed by atoms with van der Waals surface area (Å²) in [4.78, 5) is 25.3. The van der Waals surface area contributed by atoms with Crippen molar-refractivity contribution in [1.29, 1.82) is 0 Å². The first kappa shape index (κ1) is 20.5. The van der Waals surface area contributed by atoms with Gasteiger partial charge in [0.2, 0.25) is 5.79 Å². The summed E-state index contributed by atoms with van der Waals surface area (Å²) in [5.74, 6) is -1.25. The average Bonchev–Trinajstić information content (AvgIpc) is 3.06. The van der Waals surface area contributed by atoms with Crippen molar-refractivity contribution in [2.24, 2.45) is 34.5 Å². The Morgan fingerprint density at radius 3 is 2.87 bits per heavy atom. The number of esters is 2. The average molecular weight is 421 g/mol. The van der Waals surface area contributed by atoms with E-state index in [9.17, 15) is 14.7 Å². The lowest BCUT2D eigenvalue weighted by molar-refractivity contribution is -0.333. The molecule has 0 aromatic carbocycles. The Balaban J connectivity index is 1.61. The van der Waals surface area contributed by atoms with Gasteiger partial charge in [-0.3, -0.25) is 4.79 Å². The number of rotatable bonds is 3. The third-order valence-electron chi connectivity index (χ3n) is 9.07. The van der Waals surface area contributed by atoms with Crippen LogP contribution in [0.25, 0.3) is 0 Å². The lowest BCUT2D eigenvalue weighted by Crippen LogP contribution is -2.69. The lowest BCUT2D eigenvalue weighted by atomic mass is 9.40. The summed E-state index contributed by atoms with van der Waals surface area (Å²) >= 11 is 0. The van der Waals surface area contributed by atoms with Gasteiger partial charge in [0.15, 0.2) is 6.29 Å². The first-order valence-electron chi connectivity index (χ1n) is 11.3. The van der Waals surface area contributed by atoms with E-state index in [0.717, 1.165) is 37.7 Å². The van der Waals surface area contributed by atoms with Gasteiger partial charge in [0.1, 0.15) is 0 Å². The van der Waals surface area contributed by atoms with Crippen LogP contribution in [0, 0.1) is 34.5 Å². The number of carbonyl (C=O) groups is 2. The highest BCUT2D eigenvalue weighted by molar-refractivity contribution is 5.86. The number of hydrogen-bond acceptors (Lipinski definition) is 7. The van der Waals surface area contributed by atoms with Crippen LogP contribution in [0.15, 0.2) is 11.6 Å². The van der Waals surface area contributed by atoms with E-state index in [4.69, 9.17) is 18.9 Å². The Morgan fingerprint density at radius 2 is 2.13 bits per heavy atom. The fourth-order valence-corrected chi connectivity index (χ4v) is 8.05. The van der Waals surface area contributed by atoms with Gasteiger partial charge in [-0.25, -0.2) is 4.79 Å². The molecule has 1 N–H and O–H groups in total.